The van der Waals surface area contributed by atoms with Crippen molar-refractivity contribution in [2.75, 3.05) is 36.9 Å². The van der Waals surface area contributed by atoms with Gasteiger partial charge in [0.1, 0.15) is 13.2 Å². The number of fused-ring (bicyclic) bond motifs is 1. The van der Waals surface area contributed by atoms with Crippen LogP contribution in [0.3, 0.4) is 0 Å². The number of nitrogens with one attached hydrogen (secondary N) is 1. The molecule has 2 aliphatic rings. The molecular formula is C20H30N2O5S. The maximum atomic E-state index is 12.3. The molecule has 8 heteroatoms. The number of nitrogens with zero attached hydrogens (tertiary/aromatic N) is 1. The monoisotopic (exact) mass is 410 g/mol. The van der Waals surface area contributed by atoms with Gasteiger partial charge < -0.3 is 14.8 Å². The van der Waals surface area contributed by atoms with Gasteiger partial charge in [-0.3, -0.25) is 9.10 Å². The molecule has 1 heterocycles. The highest BCUT2D eigenvalue weighted by Crippen LogP contribution is 2.34. The van der Waals surface area contributed by atoms with Gasteiger partial charge in [-0.2, -0.15) is 0 Å². The van der Waals surface area contributed by atoms with Crippen molar-refractivity contribution < 1.29 is 22.7 Å². The normalized spacial score (nSPS) is 17.2. The van der Waals surface area contributed by atoms with Crippen molar-refractivity contribution in [3.63, 3.8) is 0 Å². The smallest absolute Gasteiger partial charge is 0.232 e. The maximum absolute atomic E-state index is 12.3. The molecule has 1 N–H and O–H groups in total. The summed E-state index contributed by atoms with van der Waals surface area (Å²) in [6.45, 7) is 1.90. The summed E-state index contributed by atoms with van der Waals surface area (Å²) in [4.78, 5) is 12.1. The van der Waals surface area contributed by atoms with Crippen LogP contribution in [0, 0.1) is 5.92 Å². The Hall–Kier alpha value is -1.96. The van der Waals surface area contributed by atoms with Crippen molar-refractivity contribution in [2.45, 2.75) is 44.9 Å². The number of carbonyl (C=O) groups is 1. The van der Waals surface area contributed by atoms with Crippen molar-refractivity contribution >= 4 is 21.6 Å². The minimum atomic E-state index is -3.47. The van der Waals surface area contributed by atoms with E-state index in [1.807, 2.05) is 0 Å². The quantitative estimate of drug-likeness (QED) is 0.712. The van der Waals surface area contributed by atoms with E-state index in [1.54, 1.807) is 18.2 Å². The highest BCUT2D eigenvalue weighted by molar-refractivity contribution is 7.92. The van der Waals surface area contributed by atoms with Gasteiger partial charge in [-0.1, -0.05) is 19.3 Å². The first-order valence-corrected chi connectivity index (χ1v) is 11.9. The molecule has 0 aromatic heterocycles. The first-order valence-electron chi connectivity index (χ1n) is 10.1. The van der Waals surface area contributed by atoms with Crippen LogP contribution < -0.4 is 19.1 Å². The summed E-state index contributed by atoms with van der Waals surface area (Å²) >= 11 is 0. The lowest BCUT2D eigenvalue weighted by atomic mass is 9.89. The topological polar surface area (TPSA) is 84.9 Å². The van der Waals surface area contributed by atoms with Crippen LogP contribution in [0.15, 0.2) is 18.2 Å². The van der Waals surface area contributed by atoms with E-state index in [-0.39, 0.29) is 12.5 Å². The fourth-order valence-corrected chi connectivity index (χ4v) is 4.75. The first-order chi connectivity index (χ1) is 13.4. The lowest BCUT2D eigenvalue weighted by Gasteiger charge is -2.25. The van der Waals surface area contributed by atoms with Gasteiger partial charge in [-0.15, -0.1) is 0 Å². The Morgan fingerprint density at radius 3 is 2.57 bits per heavy atom. The maximum Gasteiger partial charge on any atom is 0.232 e. The molecule has 0 saturated heterocycles. The molecule has 1 fully saturated rings. The number of amides is 1. The van der Waals surface area contributed by atoms with Crippen molar-refractivity contribution in [2.24, 2.45) is 5.92 Å². The summed E-state index contributed by atoms with van der Waals surface area (Å²) in [5, 5.41) is 3.00. The van der Waals surface area contributed by atoms with Gasteiger partial charge in [0.05, 0.1) is 11.9 Å². The summed E-state index contributed by atoms with van der Waals surface area (Å²) in [6.07, 6.45) is 8.11. The zero-order chi connectivity index (χ0) is 20.0. The van der Waals surface area contributed by atoms with Gasteiger partial charge in [0, 0.05) is 25.6 Å². The van der Waals surface area contributed by atoms with E-state index in [4.69, 9.17) is 9.47 Å². The molecule has 0 unspecified atom stereocenters. The van der Waals surface area contributed by atoms with Crippen molar-refractivity contribution in [1.29, 1.82) is 0 Å². The van der Waals surface area contributed by atoms with Gasteiger partial charge >= 0.3 is 0 Å². The van der Waals surface area contributed by atoms with Crippen molar-refractivity contribution in [3.05, 3.63) is 18.2 Å². The van der Waals surface area contributed by atoms with Gasteiger partial charge in [0.2, 0.25) is 15.9 Å². The Morgan fingerprint density at radius 2 is 1.86 bits per heavy atom. The molecule has 1 aromatic rings. The molecule has 7 nitrogen and oxygen atoms in total. The standard InChI is InChI=1S/C20H30N2O5S/c1-28(24,25)22(17-9-10-18-19(14-17)27-13-12-26-18)11-5-8-20(23)21-15-16-6-3-2-4-7-16/h9-10,14,16H,2-8,11-13,15H2,1H3,(H,21,23). The first kappa shape index (κ1) is 20.8. The van der Waals surface area contributed by atoms with Gasteiger partial charge in [0.25, 0.3) is 0 Å². The fraction of sp³-hybridized carbons (Fsp3) is 0.650. The minimum absolute atomic E-state index is 0.0128. The van der Waals surface area contributed by atoms with Gasteiger partial charge in [-0.05, 0) is 37.3 Å². The molecule has 1 aliphatic heterocycles. The molecule has 1 aliphatic carbocycles. The highest BCUT2D eigenvalue weighted by atomic mass is 32.2. The molecule has 1 amide bonds. The highest BCUT2D eigenvalue weighted by Gasteiger charge is 2.21. The van der Waals surface area contributed by atoms with E-state index in [9.17, 15) is 13.2 Å². The second-order valence-corrected chi connectivity index (χ2v) is 9.48. The lowest BCUT2D eigenvalue weighted by molar-refractivity contribution is -0.121. The number of ether oxygens (including phenoxy) is 2. The molecule has 0 spiro atoms. The third kappa shape index (κ3) is 5.77. The van der Waals surface area contributed by atoms with E-state index in [0.717, 1.165) is 6.54 Å². The Balaban J connectivity index is 1.52. The fourth-order valence-electron chi connectivity index (χ4n) is 3.79. The van der Waals surface area contributed by atoms with E-state index in [1.165, 1.54) is 42.7 Å². The molecule has 28 heavy (non-hydrogen) atoms. The number of benzene rings is 1. The Bertz CT molecular complexity index is 775. The number of hydrogen-bond acceptors (Lipinski definition) is 5. The third-order valence-corrected chi connectivity index (χ3v) is 6.49. The van der Waals surface area contributed by atoms with E-state index >= 15 is 0 Å². The summed E-state index contributed by atoms with van der Waals surface area (Å²) in [5.41, 5.74) is 0.523. The second-order valence-electron chi connectivity index (χ2n) is 7.57. The Kier molecular flexibility index (Phi) is 7.04. The lowest BCUT2D eigenvalue weighted by Crippen LogP contribution is -2.33. The van der Waals surface area contributed by atoms with Crippen LogP contribution in [0.5, 0.6) is 11.5 Å². The zero-order valence-electron chi connectivity index (χ0n) is 16.5. The number of sulfonamides is 1. The van der Waals surface area contributed by atoms with E-state index in [2.05, 4.69) is 5.32 Å². The summed E-state index contributed by atoms with van der Waals surface area (Å²) < 4.78 is 36.9. The molecule has 0 radical (unpaired) electrons. The van der Waals surface area contributed by atoms with Crippen LogP contribution >= 0.6 is 0 Å². The van der Waals surface area contributed by atoms with Crippen LogP contribution in [0.4, 0.5) is 5.69 Å². The average Bonchev–Trinajstić information content (AvgIpc) is 2.69. The molecular weight excluding hydrogens is 380 g/mol. The molecule has 0 bridgehead atoms. The Labute approximate surface area is 167 Å². The third-order valence-electron chi connectivity index (χ3n) is 5.29. The minimum Gasteiger partial charge on any atom is -0.486 e. The second kappa shape index (κ2) is 9.49. The van der Waals surface area contributed by atoms with Crippen LogP contribution in [0.25, 0.3) is 0 Å². The predicted molar refractivity (Wildman–Crippen MR) is 108 cm³/mol. The summed E-state index contributed by atoms with van der Waals surface area (Å²) in [5.74, 6) is 1.73. The van der Waals surface area contributed by atoms with E-state index in [0.29, 0.717) is 49.2 Å². The molecule has 156 valence electrons. The number of hydrogen-bond donors (Lipinski definition) is 1. The predicted octanol–water partition coefficient (Wildman–Crippen LogP) is 2.70. The van der Waals surface area contributed by atoms with Gasteiger partial charge in [-0.25, -0.2) is 8.42 Å². The molecule has 1 saturated carbocycles. The Morgan fingerprint density at radius 1 is 1.14 bits per heavy atom. The van der Waals surface area contributed by atoms with E-state index < -0.39 is 10.0 Å². The zero-order valence-corrected chi connectivity index (χ0v) is 17.3. The number of anilines is 1. The molecule has 0 atom stereocenters. The van der Waals surface area contributed by atoms with Crippen LogP contribution in [0.2, 0.25) is 0 Å². The van der Waals surface area contributed by atoms with Gasteiger partial charge in [0.15, 0.2) is 11.5 Å². The largest absolute Gasteiger partial charge is 0.486 e. The van der Waals surface area contributed by atoms with Crippen LogP contribution in [-0.4, -0.2) is 46.9 Å². The summed E-state index contributed by atoms with van der Waals surface area (Å²) in [7, 11) is -3.47. The van der Waals surface area contributed by atoms with Crippen LogP contribution in [0.1, 0.15) is 44.9 Å². The van der Waals surface area contributed by atoms with Crippen molar-refractivity contribution in [3.8, 4) is 11.5 Å². The number of carbonyl (C=O) groups excluding carboxylic acids is 1. The van der Waals surface area contributed by atoms with Crippen LogP contribution in [-0.2, 0) is 14.8 Å². The average molecular weight is 411 g/mol. The summed E-state index contributed by atoms with van der Waals surface area (Å²) in [6, 6.07) is 5.11. The number of rotatable bonds is 8. The van der Waals surface area contributed by atoms with Crippen molar-refractivity contribution in [1.82, 2.24) is 5.32 Å². The molecule has 3 rings (SSSR count). The SMILES string of the molecule is CS(=O)(=O)N(CCCC(=O)NCC1CCCCC1)c1ccc2c(c1)OCCO2. The molecule has 1 aromatic carbocycles.